The second kappa shape index (κ2) is 7.21. The Bertz CT molecular complexity index is 316. The van der Waals surface area contributed by atoms with Crippen LogP contribution in [-0.4, -0.2) is 50.6 Å². The Labute approximate surface area is 102 Å². The van der Waals surface area contributed by atoms with Gasteiger partial charge in [0, 0.05) is 33.4 Å². The fourth-order valence-corrected chi connectivity index (χ4v) is 1.61. The van der Waals surface area contributed by atoms with E-state index < -0.39 is 6.10 Å². The highest BCUT2D eigenvalue weighted by molar-refractivity contribution is 5.38. The van der Waals surface area contributed by atoms with E-state index in [0.29, 0.717) is 13.2 Å². The molecule has 0 amide bonds. The van der Waals surface area contributed by atoms with E-state index in [4.69, 9.17) is 4.74 Å². The number of rotatable bonds is 7. The number of nitrogens with one attached hydrogen (secondary N) is 1. The van der Waals surface area contributed by atoms with Crippen molar-refractivity contribution in [3.05, 3.63) is 23.9 Å². The maximum absolute atomic E-state index is 9.62. The lowest BCUT2D eigenvalue weighted by Crippen LogP contribution is -2.32. The molecule has 0 fully saturated rings. The first kappa shape index (κ1) is 13.9. The van der Waals surface area contributed by atoms with E-state index in [-0.39, 0.29) is 0 Å². The zero-order chi connectivity index (χ0) is 12.7. The highest BCUT2D eigenvalue weighted by atomic mass is 16.5. The normalized spacial score (nSPS) is 12.5. The minimum atomic E-state index is -0.496. The molecule has 0 bridgehead atoms. The fourth-order valence-electron chi connectivity index (χ4n) is 1.61. The molecular formula is C12H21N3O2. The highest BCUT2D eigenvalue weighted by Crippen LogP contribution is 2.10. The molecule has 2 N–H and O–H groups in total. The number of aromatic nitrogens is 1. The van der Waals surface area contributed by atoms with E-state index in [0.717, 1.165) is 17.9 Å². The highest BCUT2D eigenvalue weighted by Gasteiger charge is 2.09. The summed E-state index contributed by atoms with van der Waals surface area (Å²) in [5, 5.41) is 12.7. The van der Waals surface area contributed by atoms with Crippen molar-refractivity contribution in [1.29, 1.82) is 0 Å². The molecule has 0 saturated carbocycles. The van der Waals surface area contributed by atoms with Crippen molar-refractivity contribution in [2.75, 3.05) is 39.3 Å². The monoisotopic (exact) mass is 239 g/mol. The smallest absolute Gasteiger partial charge is 0.128 e. The molecule has 0 saturated heterocycles. The van der Waals surface area contributed by atoms with E-state index >= 15 is 0 Å². The van der Waals surface area contributed by atoms with Crippen LogP contribution in [0, 0.1) is 0 Å². The standard InChI is InChI=1S/C12H21N3O2/c1-13-6-10-4-5-12(14-7-10)15(2)8-11(16)9-17-3/h4-5,7,11,13,16H,6,8-9H2,1-3H3. The largest absolute Gasteiger partial charge is 0.389 e. The van der Waals surface area contributed by atoms with E-state index in [1.165, 1.54) is 0 Å². The molecule has 1 aromatic rings. The third-order valence-corrected chi connectivity index (χ3v) is 2.42. The van der Waals surface area contributed by atoms with Gasteiger partial charge in [0.15, 0.2) is 0 Å². The van der Waals surface area contributed by atoms with Crippen LogP contribution in [0.5, 0.6) is 0 Å². The number of pyridine rings is 1. The summed E-state index contributed by atoms with van der Waals surface area (Å²) < 4.78 is 4.89. The van der Waals surface area contributed by atoms with Crippen LogP contribution in [0.4, 0.5) is 5.82 Å². The fraction of sp³-hybridized carbons (Fsp3) is 0.583. The molecule has 0 aliphatic carbocycles. The van der Waals surface area contributed by atoms with Crippen molar-refractivity contribution >= 4 is 5.82 Å². The summed E-state index contributed by atoms with van der Waals surface area (Å²) in [5.74, 6) is 0.847. The molecule has 1 heterocycles. The molecule has 1 atom stereocenters. The molecule has 5 nitrogen and oxygen atoms in total. The van der Waals surface area contributed by atoms with Crippen molar-refractivity contribution in [2.24, 2.45) is 0 Å². The number of ether oxygens (including phenoxy) is 1. The molecule has 0 aliphatic rings. The summed E-state index contributed by atoms with van der Waals surface area (Å²) >= 11 is 0. The molecule has 5 heteroatoms. The Hall–Kier alpha value is -1.17. The number of aliphatic hydroxyl groups excluding tert-OH is 1. The van der Waals surface area contributed by atoms with E-state index in [1.54, 1.807) is 7.11 Å². The topological polar surface area (TPSA) is 57.6 Å². The predicted molar refractivity (Wildman–Crippen MR) is 68.2 cm³/mol. The number of aliphatic hydroxyl groups is 1. The summed E-state index contributed by atoms with van der Waals surface area (Å²) in [5.41, 5.74) is 1.14. The van der Waals surface area contributed by atoms with Crippen LogP contribution in [0.2, 0.25) is 0 Å². The first-order chi connectivity index (χ1) is 8.17. The lowest BCUT2D eigenvalue weighted by Gasteiger charge is -2.21. The summed E-state index contributed by atoms with van der Waals surface area (Å²) in [7, 11) is 5.38. The van der Waals surface area contributed by atoms with Crippen LogP contribution >= 0.6 is 0 Å². The molecule has 0 radical (unpaired) electrons. The minimum Gasteiger partial charge on any atom is -0.389 e. The molecule has 0 spiro atoms. The minimum absolute atomic E-state index is 0.335. The number of hydrogen-bond donors (Lipinski definition) is 2. The van der Waals surface area contributed by atoms with Gasteiger partial charge in [-0.2, -0.15) is 0 Å². The van der Waals surface area contributed by atoms with Crippen molar-refractivity contribution in [3.8, 4) is 0 Å². The van der Waals surface area contributed by atoms with Crippen molar-refractivity contribution < 1.29 is 9.84 Å². The van der Waals surface area contributed by atoms with Crippen LogP contribution in [0.3, 0.4) is 0 Å². The summed E-state index contributed by atoms with van der Waals surface area (Å²) in [6, 6.07) is 3.98. The number of methoxy groups -OCH3 is 1. The SMILES string of the molecule is CNCc1ccc(N(C)CC(O)COC)nc1. The average Bonchev–Trinajstić information content (AvgIpc) is 2.30. The predicted octanol–water partition coefficient (Wildman–Crippen LogP) is 0.244. The molecule has 1 unspecified atom stereocenters. The average molecular weight is 239 g/mol. The second-order valence-electron chi connectivity index (χ2n) is 4.04. The summed E-state index contributed by atoms with van der Waals surface area (Å²) in [4.78, 5) is 6.25. The molecule has 1 rings (SSSR count). The van der Waals surface area contributed by atoms with Crippen LogP contribution < -0.4 is 10.2 Å². The third kappa shape index (κ3) is 4.68. The molecular weight excluding hydrogens is 218 g/mol. The Balaban J connectivity index is 2.53. The van der Waals surface area contributed by atoms with Gasteiger partial charge in [0.05, 0.1) is 12.7 Å². The van der Waals surface area contributed by atoms with Gasteiger partial charge in [-0.25, -0.2) is 4.98 Å². The second-order valence-corrected chi connectivity index (χ2v) is 4.04. The molecule has 1 aromatic heterocycles. The van der Waals surface area contributed by atoms with E-state index in [9.17, 15) is 5.11 Å². The molecule has 96 valence electrons. The first-order valence-electron chi connectivity index (χ1n) is 5.65. The zero-order valence-corrected chi connectivity index (χ0v) is 10.7. The van der Waals surface area contributed by atoms with Crippen LogP contribution in [0.1, 0.15) is 5.56 Å². The Morgan fingerprint density at radius 3 is 2.82 bits per heavy atom. The van der Waals surface area contributed by atoms with E-state index in [2.05, 4.69) is 10.3 Å². The van der Waals surface area contributed by atoms with Gasteiger partial charge in [0.2, 0.25) is 0 Å². The molecule has 0 aromatic carbocycles. The third-order valence-electron chi connectivity index (χ3n) is 2.42. The van der Waals surface area contributed by atoms with Gasteiger partial charge in [-0.1, -0.05) is 6.07 Å². The Kier molecular flexibility index (Phi) is 5.90. The number of anilines is 1. The van der Waals surface area contributed by atoms with Gasteiger partial charge >= 0.3 is 0 Å². The van der Waals surface area contributed by atoms with Gasteiger partial charge in [-0.3, -0.25) is 0 Å². The maximum Gasteiger partial charge on any atom is 0.128 e. The van der Waals surface area contributed by atoms with Gasteiger partial charge in [-0.15, -0.1) is 0 Å². The first-order valence-corrected chi connectivity index (χ1v) is 5.65. The van der Waals surface area contributed by atoms with Crippen molar-refractivity contribution in [1.82, 2.24) is 10.3 Å². The zero-order valence-electron chi connectivity index (χ0n) is 10.7. The Morgan fingerprint density at radius 2 is 2.29 bits per heavy atom. The van der Waals surface area contributed by atoms with Crippen LogP contribution in [0.15, 0.2) is 18.3 Å². The van der Waals surface area contributed by atoms with Gasteiger partial charge in [0.25, 0.3) is 0 Å². The Morgan fingerprint density at radius 1 is 1.53 bits per heavy atom. The summed E-state index contributed by atoms with van der Waals surface area (Å²) in [6.45, 7) is 1.65. The lowest BCUT2D eigenvalue weighted by molar-refractivity contribution is 0.0694. The lowest BCUT2D eigenvalue weighted by atomic mass is 10.2. The number of nitrogens with zero attached hydrogens (tertiary/aromatic N) is 2. The quantitative estimate of drug-likeness (QED) is 0.714. The molecule has 0 aliphatic heterocycles. The number of likely N-dealkylation sites (N-methyl/N-ethyl adjacent to an activating group) is 1. The maximum atomic E-state index is 9.62. The van der Waals surface area contributed by atoms with Crippen LogP contribution in [-0.2, 0) is 11.3 Å². The van der Waals surface area contributed by atoms with Gasteiger partial charge < -0.3 is 20.1 Å². The van der Waals surface area contributed by atoms with Crippen molar-refractivity contribution in [2.45, 2.75) is 12.6 Å². The summed E-state index contributed by atoms with van der Waals surface area (Å²) in [6.07, 6.45) is 1.34. The van der Waals surface area contributed by atoms with Gasteiger partial charge in [-0.05, 0) is 18.7 Å². The van der Waals surface area contributed by atoms with Gasteiger partial charge in [0.1, 0.15) is 5.82 Å². The van der Waals surface area contributed by atoms with Crippen molar-refractivity contribution in [3.63, 3.8) is 0 Å². The van der Waals surface area contributed by atoms with E-state index in [1.807, 2.05) is 37.3 Å². The number of hydrogen-bond acceptors (Lipinski definition) is 5. The molecule has 17 heavy (non-hydrogen) atoms. The van der Waals surface area contributed by atoms with Crippen LogP contribution in [0.25, 0.3) is 0 Å².